The zero-order chi connectivity index (χ0) is 23.7. The SMILES string of the molecule is CC(C)(C)c1ccncc1.CC(C)(C)c1ccncc1.[Cl-].[Cl-].[Cl-].[Cl-].[W].[W].[c-]1ccncc1.[c-]1ccncc1. The smallest absolute Gasteiger partial charge is 0.0270 e. The van der Waals surface area contributed by atoms with Crippen LogP contribution in [0, 0.1) is 12.1 Å². The zero-order valence-corrected chi connectivity index (χ0v) is 31.2. The average Bonchev–Trinajstić information content (AvgIpc) is 2.83. The Bertz CT molecular complexity index is 810. The van der Waals surface area contributed by atoms with E-state index in [2.05, 4.69) is 97.9 Å². The minimum atomic E-state index is 0. The molecular formula is C28H34Cl4N4W2-6. The van der Waals surface area contributed by atoms with Crippen molar-refractivity contribution in [3.8, 4) is 0 Å². The maximum atomic E-state index is 3.96. The third kappa shape index (κ3) is 26.7. The predicted molar refractivity (Wildman–Crippen MR) is 132 cm³/mol. The van der Waals surface area contributed by atoms with E-state index >= 15 is 0 Å². The Morgan fingerprint density at radius 1 is 0.421 bits per heavy atom. The average molecular weight is 936 g/mol. The molecule has 0 atom stereocenters. The first-order chi connectivity index (χ1) is 15.2. The van der Waals surface area contributed by atoms with E-state index in [1.54, 1.807) is 49.1 Å². The predicted octanol–water partition coefficient (Wildman–Crippen LogP) is -5.47. The van der Waals surface area contributed by atoms with Crippen LogP contribution in [0.25, 0.3) is 0 Å². The Balaban J connectivity index is -0.0000000871. The van der Waals surface area contributed by atoms with Crippen LogP contribution in [-0.2, 0) is 53.0 Å². The summed E-state index contributed by atoms with van der Waals surface area (Å²) in [5, 5.41) is 0. The van der Waals surface area contributed by atoms with E-state index in [1.807, 2.05) is 24.8 Å². The van der Waals surface area contributed by atoms with Crippen molar-refractivity contribution in [2.45, 2.75) is 52.4 Å². The van der Waals surface area contributed by atoms with Gasteiger partial charge >= 0.3 is 0 Å². The van der Waals surface area contributed by atoms with Gasteiger partial charge in [-0.2, -0.15) is 36.4 Å². The second-order valence-corrected chi connectivity index (χ2v) is 8.87. The summed E-state index contributed by atoms with van der Waals surface area (Å²) in [6, 6.07) is 20.9. The maximum Gasteiger partial charge on any atom is 0.0270 e. The van der Waals surface area contributed by atoms with Crippen LogP contribution in [0.2, 0.25) is 0 Å². The normalized spacial score (nSPS) is 8.58. The summed E-state index contributed by atoms with van der Waals surface area (Å²) in [6.45, 7) is 13.2. The van der Waals surface area contributed by atoms with Gasteiger partial charge in [-0.1, -0.05) is 66.3 Å². The van der Waals surface area contributed by atoms with Gasteiger partial charge in [0.2, 0.25) is 0 Å². The summed E-state index contributed by atoms with van der Waals surface area (Å²) in [7, 11) is 0. The molecule has 10 heteroatoms. The molecule has 0 aliphatic rings. The summed E-state index contributed by atoms with van der Waals surface area (Å²) >= 11 is 0. The van der Waals surface area contributed by atoms with Crippen LogP contribution in [0.3, 0.4) is 0 Å². The molecular weight excluding hydrogens is 902 g/mol. The standard InChI is InChI=1S/2C9H13N.2C5H4N.4ClH.2W/c2*1-9(2,3)8-4-6-10-7-5-8;2*1-2-4-6-5-3-1;;;;;;/h2*4-7H,1-3H3;2*2-5H;4*1H;;/q;;2*-1;;;;;;/p-4. The minimum Gasteiger partial charge on any atom is -1.00 e. The fourth-order valence-corrected chi connectivity index (χ4v) is 2.26. The van der Waals surface area contributed by atoms with Crippen molar-refractivity contribution in [2.75, 3.05) is 0 Å². The van der Waals surface area contributed by atoms with Crippen molar-refractivity contribution in [3.63, 3.8) is 0 Å². The van der Waals surface area contributed by atoms with Gasteiger partial charge in [0.05, 0.1) is 0 Å². The van der Waals surface area contributed by atoms with Crippen molar-refractivity contribution in [2.24, 2.45) is 0 Å². The topological polar surface area (TPSA) is 51.6 Å². The Morgan fingerprint density at radius 3 is 0.737 bits per heavy atom. The molecule has 4 nitrogen and oxygen atoms in total. The summed E-state index contributed by atoms with van der Waals surface area (Å²) in [5.41, 5.74) is 3.18. The number of aromatic nitrogens is 4. The van der Waals surface area contributed by atoms with Crippen LogP contribution in [0.4, 0.5) is 0 Å². The Morgan fingerprint density at radius 2 is 0.632 bits per heavy atom. The van der Waals surface area contributed by atoms with Gasteiger partial charge in [-0.25, -0.2) is 0 Å². The third-order valence-electron chi connectivity index (χ3n) is 4.12. The van der Waals surface area contributed by atoms with Crippen molar-refractivity contribution in [1.82, 2.24) is 19.9 Å². The van der Waals surface area contributed by atoms with Gasteiger partial charge in [0, 0.05) is 66.9 Å². The molecule has 0 unspecified atom stereocenters. The minimum absolute atomic E-state index is 0. The summed E-state index contributed by atoms with van der Waals surface area (Å²) in [5.74, 6) is 0. The summed E-state index contributed by atoms with van der Waals surface area (Å²) < 4.78 is 0. The number of halogens is 4. The second-order valence-electron chi connectivity index (χ2n) is 8.87. The van der Waals surface area contributed by atoms with Crippen LogP contribution in [0.5, 0.6) is 0 Å². The van der Waals surface area contributed by atoms with Gasteiger partial charge in [-0.15, -0.1) is 0 Å². The molecule has 4 heterocycles. The molecule has 0 radical (unpaired) electrons. The molecule has 0 aliphatic carbocycles. The fraction of sp³-hybridized carbons (Fsp3) is 0.286. The van der Waals surface area contributed by atoms with E-state index in [0.717, 1.165) is 0 Å². The molecule has 212 valence electrons. The number of rotatable bonds is 0. The Labute approximate surface area is 283 Å². The van der Waals surface area contributed by atoms with Crippen LogP contribution in [0.1, 0.15) is 52.7 Å². The Kier molecular flexibility index (Phi) is 38.3. The van der Waals surface area contributed by atoms with E-state index < -0.39 is 0 Å². The van der Waals surface area contributed by atoms with Crippen molar-refractivity contribution >= 4 is 0 Å². The van der Waals surface area contributed by atoms with E-state index in [9.17, 15) is 0 Å². The monoisotopic (exact) mass is 934 g/mol. The van der Waals surface area contributed by atoms with Crippen LogP contribution in [0.15, 0.2) is 98.1 Å². The van der Waals surface area contributed by atoms with Gasteiger partial charge in [0.25, 0.3) is 0 Å². The molecule has 0 fully saturated rings. The first-order valence-corrected chi connectivity index (χ1v) is 10.5. The molecule has 38 heavy (non-hydrogen) atoms. The van der Waals surface area contributed by atoms with Gasteiger partial charge in [-0.3, -0.25) is 9.97 Å². The number of hydrogen-bond acceptors (Lipinski definition) is 4. The van der Waals surface area contributed by atoms with E-state index in [0.29, 0.717) is 0 Å². The van der Waals surface area contributed by atoms with Gasteiger partial charge < -0.3 is 59.6 Å². The van der Waals surface area contributed by atoms with Crippen molar-refractivity contribution in [1.29, 1.82) is 0 Å². The zero-order valence-electron chi connectivity index (χ0n) is 22.4. The van der Waals surface area contributed by atoms with E-state index in [1.165, 1.54) is 11.1 Å². The van der Waals surface area contributed by atoms with E-state index in [4.69, 9.17) is 0 Å². The Hall–Kier alpha value is -0.863. The molecule has 0 spiro atoms. The quantitative estimate of drug-likeness (QED) is 0.166. The second kappa shape index (κ2) is 29.1. The number of pyridine rings is 4. The van der Waals surface area contributed by atoms with Crippen LogP contribution in [-0.4, -0.2) is 19.9 Å². The fourth-order valence-electron chi connectivity index (χ4n) is 2.26. The molecule has 4 rings (SSSR count). The van der Waals surface area contributed by atoms with Gasteiger partial charge in [0.1, 0.15) is 0 Å². The molecule has 0 saturated heterocycles. The number of hydrogen-bond donors (Lipinski definition) is 0. The molecule has 4 aromatic heterocycles. The summed E-state index contributed by atoms with van der Waals surface area (Å²) in [6.07, 6.45) is 14.1. The first kappa shape index (κ1) is 50.0. The molecule has 0 saturated carbocycles. The molecule has 4 aromatic rings. The molecule has 0 aliphatic heterocycles. The molecule has 0 amide bonds. The van der Waals surface area contributed by atoms with Crippen LogP contribution >= 0.6 is 0 Å². The van der Waals surface area contributed by atoms with Crippen molar-refractivity contribution in [3.05, 3.63) is 121 Å². The maximum absolute atomic E-state index is 3.96. The largest absolute Gasteiger partial charge is 1.00 e. The number of nitrogens with zero attached hydrogens (tertiary/aromatic N) is 4. The first-order valence-electron chi connectivity index (χ1n) is 10.5. The van der Waals surface area contributed by atoms with Gasteiger partial charge in [0.15, 0.2) is 0 Å². The molecule has 0 bridgehead atoms. The van der Waals surface area contributed by atoms with Crippen LogP contribution < -0.4 is 49.6 Å². The van der Waals surface area contributed by atoms with Gasteiger partial charge in [-0.05, 0) is 46.2 Å². The molecule has 0 N–H and O–H groups in total. The molecule has 0 aromatic carbocycles. The van der Waals surface area contributed by atoms with Crippen molar-refractivity contribution < 1.29 is 91.8 Å². The van der Waals surface area contributed by atoms with E-state index in [-0.39, 0.29) is 103 Å². The third-order valence-corrected chi connectivity index (χ3v) is 4.12. The summed E-state index contributed by atoms with van der Waals surface area (Å²) in [4.78, 5) is 15.4.